The maximum Gasteiger partial charge on any atom is 0.341 e. The molecule has 0 bridgehead atoms. The van der Waals surface area contributed by atoms with Crippen molar-refractivity contribution in [3.63, 3.8) is 0 Å². The lowest BCUT2D eigenvalue weighted by atomic mass is 10.1. The summed E-state index contributed by atoms with van der Waals surface area (Å²) in [5.74, 6) is 0.0960. The quantitative estimate of drug-likeness (QED) is 0.815. The largest absolute Gasteiger partial charge is 0.465 e. The van der Waals surface area contributed by atoms with Gasteiger partial charge in [-0.15, -0.1) is 0 Å². The van der Waals surface area contributed by atoms with Crippen LogP contribution in [0.15, 0.2) is 34.9 Å². The van der Waals surface area contributed by atoms with Gasteiger partial charge in [-0.2, -0.15) is 5.10 Å². The first-order valence-electron chi connectivity index (χ1n) is 6.13. The highest BCUT2D eigenvalue weighted by Crippen LogP contribution is 2.42. The van der Waals surface area contributed by atoms with E-state index in [0.29, 0.717) is 11.5 Å². The minimum Gasteiger partial charge on any atom is -0.465 e. The van der Waals surface area contributed by atoms with Crippen molar-refractivity contribution in [2.75, 3.05) is 7.11 Å². The molecule has 2 aromatic rings. The smallest absolute Gasteiger partial charge is 0.341 e. The van der Waals surface area contributed by atoms with Crippen LogP contribution in [0.2, 0.25) is 0 Å². The summed E-state index contributed by atoms with van der Waals surface area (Å²) in [5.41, 5.74) is 2.49. The number of aromatic nitrogens is 2. The molecule has 1 aromatic heterocycles. The number of hydrogen-bond donors (Lipinski definition) is 0. The lowest BCUT2D eigenvalue weighted by molar-refractivity contribution is 0.0599. The second kappa shape index (κ2) is 4.81. The second-order valence-electron chi connectivity index (χ2n) is 4.60. The Hall–Kier alpha value is -1.62. The van der Waals surface area contributed by atoms with E-state index in [4.69, 9.17) is 4.74 Å². The van der Waals surface area contributed by atoms with Gasteiger partial charge in [0.1, 0.15) is 5.56 Å². The zero-order chi connectivity index (χ0) is 13.4. The van der Waals surface area contributed by atoms with Gasteiger partial charge in [-0.3, -0.25) is 0 Å². The Bertz CT molecular complexity index is 632. The molecule has 4 nitrogen and oxygen atoms in total. The molecule has 0 atom stereocenters. The summed E-state index contributed by atoms with van der Waals surface area (Å²) in [6.45, 7) is 0. The van der Waals surface area contributed by atoms with Gasteiger partial charge in [0, 0.05) is 10.4 Å². The van der Waals surface area contributed by atoms with Crippen LogP contribution in [-0.2, 0) is 4.74 Å². The first-order valence-corrected chi connectivity index (χ1v) is 6.92. The van der Waals surface area contributed by atoms with Crippen LogP contribution in [0.1, 0.15) is 34.8 Å². The van der Waals surface area contributed by atoms with E-state index in [1.54, 1.807) is 6.20 Å². The molecule has 0 radical (unpaired) electrons. The Morgan fingerprint density at radius 1 is 1.47 bits per heavy atom. The van der Waals surface area contributed by atoms with Crippen molar-refractivity contribution in [1.82, 2.24) is 9.78 Å². The summed E-state index contributed by atoms with van der Waals surface area (Å²) in [4.78, 5) is 11.8. The van der Waals surface area contributed by atoms with Crippen LogP contribution in [0.25, 0.3) is 5.69 Å². The fraction of sp³-hybridized carbons (Fsp3) is 0.286. The van der Waals surface area contributed by atoms with E-state index >= 15 is 0 Å². The maximum absolute atomic E-state index is 11.8. The number of carbonyl (C=O) groups excluding carboxylic acids is 1. The van der Waals surface area contributed by atoms with Crippen LogP contribution < -0.4 is 0 Å². The summed E-state index contributed by atoms with van der Waals surface area (Å²) in [6.07, 6.45) is 3.80. The molecule has 5 heteroatoms. The molecule has 0 spiro atoms. The first-order chi connectivity index (χ1) is 9.20. The predicted octanol–water partition coefficient (Wildman–Crippen LogP) is 3.30. The number of carbonyl (C=O) groups is 1. The average molecular weight is 321 g/mol. The van der Waals surface area contributed by atoms with Gasteiger partial charge >= 0.3 is 5.97 Å². The van der Waals surface area contributed by atoms with Gasteiger partial charge in [-0.25, -0.2) is 9.48 Å². The van der Waals surface area contributed by atoms with Crippen LogP contribution in [0.3, 0.4) is 0 Å². The first kappa shape index (κ1) is 12.4. The van der Waals surface area contributed by atoms with E-state index in [-0.39, 0.29) is 5.97 Å². The van der Waals surface area contributed by atoms with Crippen molar-refractivity contribution < 1.29 is 9.53 Å². The van der Waals surface area contributed by atoms with Gasteiger partial charge in [0.2, 0.25) is 0 Å². The summed E-state index contributed by atoms with van der Waals surface area (Å²) in [7, 11) is 1.40. The molecular weight excluding hydrogens is 308 g/mol. The molecule has 3 rings (SSSR count). The van der Waals surface area contributed by atoms with Gasteiger partial charge in [0.15, 0.2) is 0 Å². The van der Waals surface area contributed by atoms with E-state index in [9.17, 15) is 4.79 Å². The number of esters is 1. The molecule has 0 saturated heterocycles. The minimum absolute atomic E-state index is 0.317. The fourth-order valence-electron chi connectivity index (χ4n) is 2.19. The van der Waals surface area contributed by atoms with Crippen LogP contribution in [0.5, 0.6) is 0 Å². The lowest BCUT2D eigenvalue weighted by Gasteiger charge is -2.08. The zero-order valence-electron chi connectivity index (χ0n) is 10.5. The van der Waals surface area contributed by atoms with Crippen molar-refractivity contribution in [3.8, 4) is 5.69 Å². The summed E-state index contributed by atoms with van der Waals surface area (Å²) < 4.78 is 7.66. The summed E-state index contributed by atoms with van der Waals surface area (Å²) in [5, 5.41) is 4.35. The number of nitrogens with zero attached hydrogens (tertiary/aromatic N) is 2. The highest BCUT2D eigenvalue weighted by molar-refractivity contribution is 9.10. The summed E-state index contributed by atoms with van der Waals surface area (Å²) >= 11 is 3.45. The molecular formula is C14H13BrN2O2. The zero-order valence-corrected chi connectivity index (χ0v) is 12.1. The Kier molecular flexibility index (Phi) is 3.14. The van der Waals surface area contributed by atoms with Crippen LogP contribution >= 0.6 is 15.9 Å². The molecule has 1 aromatic carbocycles. The molecule has 0 amide bonds. The molecule has 19 heavy (non-hydrogen) atoms. The second-order valence-corrected chi connectivity index (χ2v) is 5.52. The van der Waals surface area contributed by atoms with Gasteiger partial charge < -0.3 is 4.74 Å². The van der Waals surface area contributed by atoms with Crippen LogP contribution in [0.4, 0.5) is 0 Å². The summed E-state index contributed by atoms with van der Waals surface area (Å²) in [6, 6.07) is 7.88. The number of benzene rings is 1. The maximum atomic E-state index is 11.8. The van der Waals surface area contributed by atoms with E-state index < -0.39 is 0 Å². The average Bonchev–Trinajstić information content (AvgIpc) is 3.16. The number of halogens is 1. The Balaban J connectivity index is 2.11. The lowest BCUT2D eigenvalue weighted by Crippen LogP contribution is -2.07. The van der Waals surface area contributed by atoms with Crippen molar-refractivity contribution in [2.45, 2.75) is 18.8 Å². The minimum atomic E-state index is -0.317. The Morgan fingerprint density at radius 3 is 2.89 bits per heavy atom. The van der Waals surface area contributed by atoms with Crippen LogP contribution in [0, 0.1) is 0 Å². The van der Waals surface area contributed by atoms with Gasteiger partial charge in [-0.1, -0.05) is 22.0 Å². The van der Waals surface area contributed by atoms with E-state index in [1.165, 1.54) is 7.11 Å². The van der Waals surface area contributed by atoms with Crippen molar-refractivity contribution in [1.29, 1.82) is 0 Å². The van der Waals surface area contributed by atoms with E-state index in [0.717, 1.165) is 28.7 Å². The van der Waals surface area contributed by atoms with Gasteiger partial charge in [0.05, 0.1) is 24.7 Å². The molecule has 1 saturated carbocycles. The Labute approximate surface area is 119 Å². The van der Waals surface area contributed by atoms with E-state index in [2.05, 4.69) is 21.0 Å². The normalized spacial score (nSPS) is 14.4. The van der Waals surface area contributed by atoms with Crippen molar-refractivity contribution in [2.24, 2.45) is 0 Å². The monoisotopic (exact) mass is 320 g/mol. The highest BCUT2D eigenvalue weighted by Gasteiger charge is 2.33. The molecule has 0 aliphatic heterocycles. The van der Waals surface area contributed by atoms with E-state index in [1.807, 2.05) is 28.9 Å². The third-order valence-corrected chi connectivity index (χ3v) is 3.72. The standard InChI is InChI=1S/C14H13BrN2O2/c1-19-14(18)12-8-16-17(13(12)9-5-6-9)11-4-2-3-10(15)7-11/h2-4,7-9H,5-6H2,1H3. The molecule has 1 heterocycles. The van der Waals surface area contributed by atoms with Crippen molar-refractivity contribution in [3.05, 3.63) is 46.2 Å². The Morgan fingerprint density at radius 2 is 2.26 bits per heavy atom. The topological polar surface area (TPSA) is 44.1 Å². The number of methoxy groups -OCH3 is 1. The highest BCUT2D eigenvalue weighted by atomic mass is 79.9. The molecule has 1 aliphatic rings. The fourth-order valence-corrected chi connectivity index (χ4v) is 2.58. The third kappa shape index (κ3) is 2.30. The number of rotatable bonds is 3. The van der Waals surface area contributed by atoms with Crippen molar-refractivity contribution >= 4 is 21.9 Å². The third-order valence-electron chi connectivity index (χ3n) is 3.23. The molecule has 0 N–H and O–H groups in total. The van der Waals surface area contributed by atoms with Gasteiger partial charge in [-0.05, 0) is 31.0 Å². The molecule has 1 aliphatic carbocycles. The molecule has 98 valence electrons. The molecule has 1 fully saturated rings. The number of hydrogen-bond acceptors (Lipinski definition) is 3. The SMILES string of the molecule is COC(=O)c1cnn(-c2cccc(Br)c2)c1C1CC1. The predicted molar refractivity (Wildman–Crippen MR) is 74.6 cm³/mol. The van der Waals surface area contributed by atoms with Crippen LogP contribution in [-0.4, -0.2) is 22.9 Å². The van der Waals surface area contributed by atoms with Gasteiger partial charge in [0.25, 0.3) is 0 Å². The number of ether oxygens (including phenoxy) is 1. The molecule has 0 unspecified atom stereocenters.